The first-order valence-electron chi connectivity index (χ1n) is 3.86. The second-order valence-electron chi connectivity index (χ2n) is 2.65. The van der Waals surface area contributed by atoms with Gasteiger partial charge in [-0.05, 0) is 25.7 Å². The summed E-state index contributed by atoms with van der Waals surface area (Å²) >= 11 is 0. The molecule has 10 heavy (non-hydrogen) atoms. The Kier molecular flexibility index (Phi) is 6.14. The second-order valence-corrected chi connectivity index (χ2v) is 2.65. The Bertz CT molecular complexity index is 105. The van der Waals surface area contributed by atoms with Gasteiger partial charge in [-0.2, -0.15) is 0 Å². The van der Waals surface area contributed by atoms with Crippen LogP contribution in [0.2, 0.25) is 0 Å². The van der Waals surface area contributed by atoms with Crippen LogP contribution in [0.1, 0.15) is 33.1 Å². The summed E-state index contributed by atoms with van der Waals surface area (Å²) in [5.74, 6) is 0.550. The van der Waals surface area contributed by atoms with Gasteiger partial charge in [-0.3, -0.25) is 0 Å². The van der Waals surface area contributed by atoms with Gasteiger partial charge in [0.25, 0.3) is 0 Å². The Labute approximate surface area is 63.1 Å². The third kappa shape index (κ3) is 5.54. The molecule has 0 radical (unpaired) electrons. The van der Waals surface area contributed by atoms with Crippen LogP contribution in [0.5, 0.6) is 0 Å². The Morgan fingerprint density at radius 1 is 1.50 bits per heavy atom. The van der Waals surface area contributed by atoms with Gasteiger partial charge in [0.05, 0.1) is 0 Å². The lowest BCUT2D eigenvalue weighted by molar-refractivity contribution is -0.108. The van der Waals surface area contributed by atoms with Crippen LogP contribution in [0.3, 0.4) is 0 Å². The fourth-order valence-electron chi connectivity index (χ4n) is 0.830. The Morgan fingerprint density at radius 3 is 2.70 bits per heavy atom. The second kappa shape index (κ2) is 6.53. The fourth-order valence-corrected chi connectivity index (χ4v) is 0.830. The van der Waals surface area contributed by atoms with Crippen molar-refractivity contribution in [3.05, 3.63) is 12.2 Å². The van der Waals surface area contributed by atoms with E-state index in [1.165, 1.54) is 0 Å². The lowest BCUT2D eigenvalue weighted by Crippen LogP contribution is -1.93. The van der Waals surface area contributed by atoms with Crippen molar-refractivity contribution in [1.82, 2.24) is 0 Å². The lowest BCUT2D eigenvalue weighted by atomic mass is 10.0. The van der Waals surface area contributed by atoms with Gasteiger partial charge >= 0.3 is 0 Å². The summed E-state index contributed by atoms with van der Waals surface area (Å²) in [4.78, 5) is 10.0. The van der Waals surface area contributed by atoms with Gasteiger partial charge in [-0.1, -0.05) is 19.1 Å². The summed E-state index contributed by atoms with van der Waals surface area (Å²) < 4.78 is 0. The summed E-state index contributed by atoms with van der Waals surface area (Å²) in [6, 6.07) is 0. The van der Waals surface area contributed by atoms with E-state index < -0.39 is 0 Å². The van der Waals surface area contributed by atoms with Crippen molar-refractivity contribution in [2.45, 2.75) is 33.1 Å². The molecular weight excluding hydrogens is 124 g/mol. The number of carbonyl (C=O) groups excluding carboxylic acids is 1. The van der Waals surface area contributed by atoms with E-state index >= 15 is 0 Å². The van der Waals surface area contributed by atoms with Gasteiger partial charge in [-0.25, -0.2) is 0 Å². The van der Waals surface area contributed by atoms with Crippen molar-refractivity contribution in [1.29, 1.82) is 0 Å². The quantitative estimate of drug-likeness (QED) is 0.423. The zero-order valence-corrected chi connectivity index (χ0v) is 6.84. The van der Waals surface area contributed by atoms with Crippen LogP contribution in [0.25, 0.3) is 0 Å². The molecule has 0 aromatic carbocycles. The molecule has 0 aliphatic carbocycles. The van der Waals surface area contributed by atoms with Crippen molar-refractivity contribution in [3.8, 4) is 0 Å². The molecule has 0 N–H and O–H groups in total. The molecule has 1 heteroatoms. The van der Waals surface area contributed by atoms with E-state index in [9.17, 15) is 4.79 Å². The molecule has 0 aliphatic heterocycles. The average molecular weight is 140 g/mol. The van der Waals surface area contributed by atoms with E-state index in [-0.39, 0.29) is 0 Å². The molecule has 0 spiro atoms. The maximum absolute atomic E-state index is 10.0. The first-order chi connectivity index (χ1) is 4.81. The molecule has 0 aliphatic rings. The van der Waals surface area contributed by atoms with E-state index in [4.69, 9.17) is 0 Å². The topological polar surface area (TPSA) is 17.1 Å². The van der Waals surface area contributed by atoms with Crippen LogP contribution in [-0.4, -0.2) is 6.29 Å². The Morgan fingerprint density at radius 2 is 2.20 bits per heavy atom. The molecule has 0 fully saturated rings. The van der Waals surface area contributed by atoms with Gasteiger partial charge in [0, 0.05) is 6.42 Å². The van der Waals surface area contributed by atoms with E-state index in [0.717, 1.165) is 19.1 Å². The van der Waals surface area contributed by atoms with Gasteiger partial charge in [0.15, 0.2) is 0 Å². The first-order valence-corrected chi connectivity index (χ1v) is 3.86. The molecule has 0 aromatic rings. The third-order valence-corrected chi connectivity index (χ3v) is 1.56. The number of hydrogen-bond acceptors (Lipinski definition) is 1. The molecule has 58 valence electrons. The van der Waals surface area contributed by atoms with E-state index in [1.54, 1.807) is 0 Å². The normalized spacial score (nSPS) is 13.8. The maximum atomic E-state index is 10.0. The minimum atomic E-state index is 0.550. The first kappa shape index (κ1) is 9.41. The Balaban J connectivity index is 3.20. The molecule has 0 saturated heterocycles. The number of carbonyl (C=O) groups is 1. The summed E-state index contributed by atoms with van der Waals surface area (Å²) in [7, 11) is 0. The minimum Gasteiger partial charge on any atom is -0.303 e. The van der Waals surface area contributed by atoms with Crippen molar-refractivity contribution < 1.29 is 4.79 Å². The monoisotopic (exact) mass is 140 g/mol. The third-order valence-electron chi connectivity index (χ3n) is 1.56. The van der Waals surface area contributed by atoms with Crippen LogP contribution < -0.4 is 0 Å². The summed E-state index contributed by atoms with van der Waals surface area (Å²) in [5, 5.41) is 0. The molecule has 0 aromatic heterocycles. The summed E-state index contributed by atoms with van der Waals surface area (Å²) in [6.07, 6.45) is 8.13. The maximum Gasteiger partial charge on any atom is 0.120 e. The van der Waals surface area contributed by atoms with Crippen LogP contribution in [0, 0.1) is 5.92 Å². The number of aldehydes is 1. The predicted octanol–water partition coefficient (Wildman–Crippen LogP) is 2.57. The lowest BCUT2D eigenvalue weighted by Gasteiger charge is -2.02. The molecule has 1 atom stereocenters. The standard InChI is InChI=1S/C9H16O/c1-3-4-5-6-9(2)7-8-10/h3-4,8-9H,5-7H2,1-2H3/b4-3+. The smallest absolute Gasteiger partial charge is 0.120 e. The van der Waals surface area contributed by atoms with Crippen molar-refractivity contribution in [3.63, 3.8) is 0 Å². The molecule has 0 saturated carbocycles. The van der Waals surface area contributed by atoms with Crippen LogP contribution in [-0.2, 0) is 4.79 Å². The van der Waals surface area contributed by atoms with E-state index in [2.05, 4.69) is 13.0 Å². The van der Waals surface area contributed by atoms with Crippen molar-refractivity contribution in [2.24, 2.45) is 5.92 Å². The van der Waals surface area contributed by atoms with Gasteiger partial charge in [-0.15, -0.1) is 0 Å². The average Bonchev–Trinajstić information content (AvgIpc) is 1.89. The molecule has 1 nitrogen and oxygen atoms in total. The molecule has 0 amide bonds. The number of allylic oxidation sites excluding steroid dienone is 2. The van der Waals surface area contributed by atoms with Gasteiger partial charge < -0.3 is 4.79 Å². The highest BCUT2D eigenvalue weighted by atomic mass is 16.1. The highest BCUT2D eigenvalue weighted by Crippen LogP contribution is 2.08. The summed E-state index contributed by atoms with van der Waals surface area (Å²) in [5.41, 5.74) is 0. The van der Waals surface area contributed by atoms with E-state index in [1.807, 2.05) is 13.0 Å². The minimum absolute atomic E-state index is 0.550. The molecule has 0 heterocycles. The highest BCUT2D eigenvalue weighted by Gasteiger charge is 1.97. The van der Waals surface area contributed by atoms with Gasteiger partial charge in [0.2, 0.25) is 0 Å². The Hall–Kier alpha value is -0.590. The highest BCUT2D eigenvalue weighted by molar-refractivity contribution is 5.49. The van der Waals surface area contributed by atoms with Crippen molar-refractivity contribution in [2.75, 3.05) is 0 Å². The van der Waals surface area contributed by atoms with Crippen LogP contribution in [0.15, 0.2) is 12.2 Å². The largest absolute Gasteiger partial charge is 0.303 e. The molecular formula is C9H16O. The fraction of sp³-hybridized carbons (Fsp3) is 0.667. The zero-order valence-electron chi connectivity index (χ0n) is 6.84. The molecule has 1 unspecified atom stereocenters. The SMILES string of the molecule is C/C=C/CCC(C)CC=O. The van der Waals surface area contributed by atoms with E-state index in [0.29, 0.717) is 12.3 Å². The van der Waals surface area contributed by atoms with Crippen LogP contribution in [0.4, 0.5) is 0 Å². The molecule has 0 bridgehead atoms. The predicted molar refractivity (Wildman–Crippen MR) is 43.9 cm³/mol. The van der Waals surface area contributed by atoms with Gasteiger partial charge in [0.1, 0.15) is 6.29 Å². The van der Waals surface area contributed by atoms with Crippen molar-refractivity contribution >= 4 is 6.29 Å². The summed E-state index contributed by atoms with van der Waals surface area (Å²) in [6.45, 7) is 4.13. The number of rotatable bonds is 5. The number of hydrogen-bond donors (Lipinski definition) is 0. The van der Waals surface area contributed by atoms with Crippen LogP contribution >= 0.6 is 0 Å². The molecule has 0 rings (SSSR count). The zero-order chi connectivity index (χ0) is 7.82.